The van der Waals surface area contributed by atoms with Gasteiger partial charge in [-0.1, -0.05) is 23.7 Å². The quantitative estimate of drug-likeness (QED) is 0.835. The van der Waals surface area contributed by atoms with Gasteiger partial charge in [0, 0.05) is 31.1 Å². The summed E-state index contributed by atoms with van der Waals surface area (Å²) >= 11 is 6.10. The number of amides is 2. The van der Waals surface area contributed by atoms with Crippen LogP contribution in [0.3, 0.4) is 0 Å². The van der Waals surface area contributed by atoms with Crippen LogP contribution in [0, 0.1) is 12.7 Å². The Balaban J connectivity index is 2.13. The molecule has 0 unspecified atom stereocenters. The van der Waals surface area contributed by atoms with Crippen molar-refractivity contribution < 1.29 is 18.7 Å². The van der Waals surface area contributed by atoms with E-state index in [1.54, 1.807) is 18.2 Å². The Morgan fingerprint density at radius 1 is 1.27 bits per heavy atom. The zero-order chi connectivity index (χ0) is 19.3. The number of halogens is 2. The zero-order valence-corrected chi connectivity index (χ0v) is 15.6. The Morgan fingerprint density at radius 2 is 1.96 bits per heavy atom. The molecular formula is C19H20ClFN2O3. The monoisotopic (exact) mass is 378 g/mol. The summed E-state index contributed by atoms with van der Waals surface area (Å²) in [7, 11) is 1.49. The number of carbonyl (C=O) groups is 2. The molecule has 0 aliphatic heterocycles. The smallest absolute Gasteiger partial charge is 0.254 e. The molecule has 0 fully saturated rings. The maximum Gasteiger partial charge on any atom is 0.254 e. The first kappa shape index (κ1) is 19.7. The van der Waals surface area contributed by atoms with E-state index >= 15 is 0 Å². The molecule has 2 rings (SSSR count). The molecule has 0 bridgehead atoms. The summed E-state index contributed by atoms with van der Waals surface area (Å²) < 4.78 is 19.0. The Kier molecular flexibility index (Phi) is 6.58. The van der Waals surface area contributed by atoms with Crippen LogP contribution < -0.4 is 15.0 Å². The SMILES string of the molecule is COc1cc(Cl)c(C)cc1N(CCNC(=O)c1ccccc1F)C(C)=O. The Bertz CT molecular complexity index is 826. The number of hydrogen-bond acceptors (Lipinski definition) is 3. The van der Waals surface area contributed by atoms with Crippen molar-refractivity contribution in [2.45, 2.75) is 13.8 Å². The van der Waals surface area contributed by atoms with Gasteiger partial charge < -0.3 is 15.0 Å². The summed E-state index contributed by atoms with van der Waals surface area (Å²) in [4.78, 5) is 25.6. The van der Waals surface area contributed by atoms with Crippen molar-refractivity contribution in [3.05, 3.63) is 58.4 Å². The van der Waals surface area contributed by atoms with Crippen LogP contribution in [0.5, 0.6) is 5.75 Å². The molecule has 1 N–H and O–H groups in total. The molecule has 0 radical (unpaired) electrons. The van der Waals surface area contributed by atoms with Crippen LogP contribution in [-0.4, -0.2) is 32.0 Å². The van der Waals surface area contributed by atoms with Crippen molar-refractivity contribution in [3.8, 4) is 5.75 Å². The number of hydrogen-bond donors (Lipinski definition) is 1. The highest BCUT2D eigenvalue weighted by molar-refractivity contribution is 6.31. The van der Waals surface area contributed by atoms with E-state index in [2.05, 4.69) is 5.32 Å². The lowest BCUT2D eigenvalue weighted by atomic mass is 10.1. The van der Waals surface area contributed by atoms with Gasteiger partial charge in [0.2, 0.25) is 5.91 Å². The Labute approximate surface area is 156 Å². The molecule has 0 saturated heterocycles. The highest BCUT2D eigenvalue weighted by Crippen LogP contribution is 2.33. The van der Waals surface area contributed by atoms with E-state index in [1.807, 2.05) is 6.92 Å². The van der Waals surface area contributed by atoms with Crippen LogP contribution in [0.25, 0.3) is 0 Å². The fourth-order valence-corrected chi connectivity index (χ4v) is 2.65. The van der Waals surface area contributed by atoms with Gasteiger partial charge in [-0.3, -0.25) is 9.59 Å². The van der Waals surface area contributed by atoms with E-state index in [1.165, 1.54) is 37.1 Å². The minimum Gasteiger partial charge on any atom is -0.495 e. The van der Waals surface area contributed by atoms with E-state index in [-0.39, 0.29) is 24.6 Å². The van der Waals surface area contributed by atoms with Gasteiger partial charge >= 0.3 is 0 Å². The third-order valence-electron chi connectivity index (χ3n) is 3.87. The number of methoxy groups -OCH3 is 1. The van der Waals surface area contributed by atoms with E-state index in [9.17, 15) is 14.0 Å². The van der Waals surface area contributed by atoms with Crippen molar-refractivity contribution >= 4 is 29.1 Å². The van der Waals surface area contributed by atoms with Gasteiger partial charge in [-0.2, -0.15) is 0 Å². The number of nitrogens with zero attached hydrogens (tertiary/aromatic N) is 1. The summed E-state index contributed by atoms with van der Waals surface area (Å²) in [5, 5.41) is 3.15. The number of carbonyl (C=O) groups excluding carboxylic acids is 2. The van der Waals surface area contributed by atoms with Crippen LogP contribution in [-0.2, 0) is 4.79 Å². The summed E-state index contributed by atoms with van der Waals surface area (Å²) in [6.45, 7) is 3.59. The van der Waals surface area contributed by atoms with Gasteiger partial charge in [-0.05, 0) is 30.7 Å². The van der Waals surface area contributed by atoms with Gasteiger partial charge in [0.25, 0.3) is 5.91 Å². The molecule has 5 nitrogen and oxygen atoms in total. The van der Waals surface area contributed by atoms with Gasteiger partial charge in [-0.25, -0.2) is 4.39 Å². The normalized spacial score (nSPS) is 10.3. The van der Waals surface area contributed by atoms with E-state index < -0.39 is 11.7 Å². The molecule has 0 spiro atoms. The van der Waals surface area contributed by atoms with Crippen LogP contribution in [0.15, 0.2) is 36.4 Å². The average Bonchev–Trinajstić information content (AvgIpc) is 2.60. The second-order valence-corrected chi connectivity index (χ2v) is 6.09. The highest BCUT2D eigenvalue weighted by atomic mass is 35.5. The zero-order valence-electron chi connectivity index (χ0n) is 14.8. The largest absolute Gasteiger partial charge is 0.495 e. The lowest BCUT2D eigenvalue weighted by Gasteiger charge is -2.24. The van der Waals surface area contributed by atoms with Crippen LogP contribution in [0.4, 0.5) is 10.1 Å². The first-order chi connectivity index (χ1) is 12.3. The molecule has 2 aromatic rings. The van der Waals surface area contributed by atoms with Gasteiger partial charge in [0.05, 0.1) is 18.4 Å². The van der Waals surface area contributed by atoms with Crippen molar-refractivity contribution in [2.24, 2.45) is 0 Å². The summed E-state index contributed by atoms with van der Waals surface area (Å²) in [6.07, 6.45) is 0. The molecule has 0 heterocycles. The predicted octanol–water partition coefficient (Wildman–Crippen LogP) is 3.58. The molecule has 2 amide bonds. The number of rotatable bonds is 6. The van der Waals surface area contributed by atoms with Crippen molar-refractivity contribution in [1.29, 1.82) is 0 Å². The molecule has 138 valence electrons. The first-order valence-electron chi connectivity index (χ1n) is 8.00. The minimum absolute atomic E-state index is 0.0400. The van der Waals surface area contributed by atoms with E-state index in [0.717, 1.165) is 5.56 Å². The molecule has 0 saturated carbocycles. The van der Waals surface area contributed by atoms with E-state index in [4.69, 9.17) is 16.3 Å². The van der Waals surface area contributed by atoms with Crippen LogP contribution in [0.2, 0.25) is 5.02 Å². The van der Waals surface area contributed by atoms with Crippen molar-refractivity contribution in [3.63, 3.8) is 0 Å². The van der Waals surface area contributed by atoms with Gasteiger partial charge in [-0.15, -0.1) is 0 Å². The summed E-state index contributed by atoms with van der Waals surface area (Å²) in [5.41, 5.74) is 1.31. The minimum atomic E-state index is -0.594. The van der Waals surface area contributed by atoms with Crippen LogP contribution in [0.1, 0.15) is 22.8 Å². The molecule has 0 atom stereocenters. The molecule has 0 aromatic heterocycles. The fraction of sp³-hybridized carbons (Fsp3) is 0.263. The fourth-order valence-electron chi connectivity index (χ4n) is 2.49. The second-order valence-electron chi connectivity index (χ2n) is 5.68. The summed E-state index contributed by atoms with van der Waals surface area (Å²) in [5.74, 6) is -0.893. The molecule has 2 aromatic carbocycles. The average molecular weight is 379 g/mol. The maximum absolute atomic E-state index is 13.6. The molecule has 0 aliphatic carbocycles. The second kappa shape index (κ2) is 8.67. The standard InChI is InChI=1S/C19H20ClFN2O3/c1-12-10-17(18(26-3)11-15(12)20)23(13(2)24)9-8-22-19(25)14-6-4-5-7-16(14)21/h4-7,10-11H,8-9H2,1-3H3,(H,22,25). The number of anilines is 1. The third-order valence-corrected chi connectivity index (χ3v) is 4.28. The number of aryl methyl sites for hydroxylation is 1. The lowest BCUT2D eigenvalue weighted by molar-refractivity contribution is -0.116. The first-order valence-corrected chi connectivity index (χ1v) is 8.38. The number of nitrogens with one attached hydrogen (secondary N) is 1. The van der Waals surface area contributed by atoms with E-state index in [0.29, 0.717) is 16.5 Å². The molecule has 26 heavy (non-hydrogen) atoms. The Hall–Kier alpha value is -2.60. The highest BCUT2D eigenvalue weighted by Gasteiger charge is 2.18. The predicted molar refractivity (Wildman–Crippen MR) is 99.5 cm³/mol. The molecule has 7 heteroatoms. The maximum atomic E-state index is 13.6. The Morgan fingerprint density at radius 3 is 2.58 bits per heavy atom. The van der Waals surface area contributed by atoms with Crippen molar-refractivity contribution in [1.82, 2.24) is 5.32 Å². The lowest BCUT2D eigenvalue weighted by Crippen LogP contribution is -2.38. The van der Waals surface area contributed by atoms with Crippen molar-refractivity contribution in [2.75, 3.05) is 25.1 Å². The van der Waals surface area contributed by atoms with Crippen LogP contribution >= 0.6 is 11.6 Å². The van der Waals surface area contributed by atoms with Gasteiger partial charge in [0.15, 0.2) is 0 Å². The number of benzene rings is 2. The van der Waals surface area contributed by atoms with Gasteiger partial charge in [0.1, 0.15) is 11.6 Å². The molecular weight excluding hydrogens is 359 g/mol. The molecule has 0 aliphatic rings. The summed E-state index contributed by atoms with van der Waals surface area (Å²) in [6, 6.07) is 9.11. The topological polar surface area (TPSA) is 58.6 Å². The third kappa shape index (κ3) is 4.52. The number of ether oxygens (including phenoxy) is 1.